The first-order valence-corrected chi connectivity index (χ1v) is 14.0. The van der Waals surface area contributed by atoms with Crippen LogP contribution in [0.4, 0.5) is 0 Å². The first-order valence-electron chi connectivity index (χ1n) is 12.6. The van der Waals surface area contributed by atoms with Gasteiger partial charge in [0.25, 0.3) is 10.1 Å². The first kappa shape index (κ1) is 31.4. The van der Waals surface area contributed by atoms with Crippen molar-refractivity contribution in [3.63, 3.8) is 0 Å². The maximum Gasteiger partial charge on any atom is 2.00 e. The SMILES string of the molecule is CCCCCCCCCCCCCCCCCCCCOS(=O)(=O)c1ccccc1.[Ca+2].[H-].[H-]. The van der Waals surface area contributed by atoms with Crippen LogP contribution in [-0.4, -0.2) is 52.8 Å². The number of benzene rings is 1. The molecular formula is C26H48CaO3S. The van der Waals surface area contributed by atoms with Crippen LogP contribution in [0.3, 0.4) is 0 Å². The molecule has 0 spiro atoms. The summed E-state index contributed by atoms with van der Waals surface area (Å²) < 4.78 is 29.1. The molecule has 1 rings (SSSR count). The van der Waals surface area contributed by atoms with Gasteiger partial charge in [-0.2, -0.15) is 8.42 Å². The predicted molar refractivity (Wildman–Crippen MR) is 136 cm³/mol. The van der Waals surface area contributed by atoms with E-state index < -0.39 is 10.1 Å². The Labute approximate surface area is 226 Å². The Morgan fingerprint density at radius 3 is 1.35 bits per heavy atom. The Hall–Kier alpha value is 0.390. The smallest absolute Gasteiger partial charge is 1.00 e. The van der Waals surface area contributed by atoms with E-state index in [4.69, 9.17) is 4.18 Å². The molecule has 0 fully saturated rings. The summed E-state index contributed by atoms with van der Waals surface area (Å²) in [5.74, 6) is 0. The van der Waals surface area contributed by atoms with Gasteiger partial charge in [0.1, 0.15) is 0 Å². The van der Waals surface area contributed by atoms with E-state index in [-0.39, 0.29) is 52.1 Å². The molecule has 5 heteroatoms. The summed E-state index contributed by atoms with van der Waals surface area (Å²) in [4.78, 5) is 0.243. The van der Waals surface area contributed by atoms with Gasteiger partial charge in [-0.15, -0.1) is 0 Å². The van der Waals surface area contributed by atoms with Crippen LogP contribution in [0.1, 0.15) is 125 Å². The van der Waals surface area contributed by atoms with Gasteiger partial charge in [-0.3, -0.25) is 4.18 Å². The monoisotopic (exact) mass is 480 g/mol. The predicted octanol–water partition coefficient (Wildman–Crippen LogP) is 8.28. The number of unbranched alkanes of at least 4 members (excludes halogenated alkanes) is 17. The van der Waals surface area contributed by atoms with Crippen LogP contribution < -0.4 is 0 Å². The minimum absolute atomic E-state index is 0. The maximum atomic E-state index is 12.0. The quantitative estimate of drug-likeness (QED) is 0.101. The molecule has 1 aromatic rings. The van der Waals surface area contributed by atoms with Gasteiger partial charge in [-0.05, 0) is 18.6 Å². The molecule has 0 saturated heterocycles. The van der Waals surface area contributed by atoms with E-state index in [1.807, 2.05) is 0 Å². The summed E-state index contributed by atoms with van der Waals surface area (Å²) in [5, 5.41) is 0. The minimum Gasteiger partial charge on any atom is -1.00 e. The number of hydrogen-bond acceptors (Lipinski definition) is 3. The van der Waals surface area contributed by atoms with Crippen molar-refractivity contribution >= 4 is 47.9 Å². The van der Waals surface area contributed by atoms with Crippen LogP contribution in [0, 0.1) is 0 Å². The normalized spacial score (nSPS) is 11.4. The standard InChI is InChI=1S/C26H46O3S.Ca.2H/c1-2-3-4-5-6-7-8-9-10-11-12-13-14-15-16-17-18-22-25-29-30(27,28)26-23-20-19-21-24-26;;;/h19-21,23-24H,2-18,22,25H2,1H3;;;/q;+2;2*-1. The van der Waals surface area contributed by atoms with Crippen molar-refractivity contribution in [1.82, 2.24) is 0 Å². The van der Waals surface area contributed by atoms with Crippen molar-refractivity contribution in [2.24, 2.45) is 0 Å². The molecule has 3 nitrogen and oxygen atoms in total. The third kappa shape index (κ3) is 18.5. The zero-order valence-corrected chi connectivity index (χ0v) is 23.2. The van der Waals surface area contributed by atoms with Crippen molar-refractivity contribution in [1.29, 1.82) is 0 Å². The van der Waals surface area contributed by atoms with E-state index in [1.54, 1.807) is 30.3 Å². The zero-order chi connectivity index (χ0) is 21.8. The molecule has 0 unspecified atom stereocenters. The summed E-state index contributed by atoms with van der Waals surface area (Å²) in [6.45, 7) is 2.57. The topological polar surface area (TPSA) is 43.4 Å². The minimum atomic E-state index is -3.58. The van der Waals surface area contributed by atoms with Crippen LogP contribution >= 0.6 is 0 Å². The molecule has 0 amide bonds. The molecule has 0 radical (unpaired) electrons. The van der Waals surface area contributed by atoms with E-state index in [2.05, 4.69) is 6.92 Å². The van der Waals surface area contributed by atoms with Gasteiger partial charge in [0, 0.05) is 0 Å². The van der Waals surface area contributed by atoms with Crippen molar-refractivity contribution in [2.45, 2.75) is 127 Å². The zero-order valence-electron chi connectivity index (χ0n) is 22.2. The third-order valence-electron chi connectivity index (χ3n) is 5.77. The fourth-order valence-electron chi connectivity index (χ4n) is 3.83. The van der Waals surface area contributed by atoms with Crippen molar-refractivity contribution in [3.05, 3.63) is 30.3 Å². The molecule has 0 aliphatic carbocycles. The van der Waals surface area contributed by atoms with Crippen molar-refractivity contribution in [3.8, 4) is 0 Å². The molecule has 0 aliphatic rings. The van der Waals surface area contributed by atoms with E-state index >= 15 is 0 Å². The van der Waals surface area contributed by atoms with E-state index in [9.17, 15) is 8.42 Å². The molecule has 178 valence electrons. The molecule has 0 bridgehead atoms. The van der Waals surface area contributed by atoms with Crippen molar-refractivity contribution < 1.29 is 15.5 Å². The van der Waals surface area contributed by atoms with Gasteiger partial charge >= 0.3 is 37.7 Å². The molecule has 0 aliphatic heterocycles. The second-order valence-corrected chi connectivity index (χ2v) is 10.2. The molecule has 0 aromatic heterocycles. The maximum absolute atomic E-state index is 12.0. The van der Waals surface area contributed by atoms with Gasteiger partial charge in [0.2, 0.25) is 0 Å². The van der Waals surface area contributed by atoms with Crippen molar-refractivity contribution in [2.75, 3.05) is 6.61 Å². The van der Waals surface area contributed by atoms with Gasteiger partial charge in [-0.1, -0.05) is 134 Å². The molecule has 0 heterocycles. The molecule has 0 saturated carbocycles. The fraction of sp³-hybridized carbons (Fsp3) is 0.769. The van der Waals surface area contributed by atoms with E-state index in [0.29, 0.717) is 0 Å². The molecular weight excluding hydrogens is 432 g/mol. The van der Waals surface area contributed by atoms with Crippen LogP contribution in [0.5, 0.6) is 0 Å². The van der Waals surface area contributed by atoms with Crippen LogP contribution in [0.15, 0.2) is 35.2 Å². The average molecular weight is 481 g/mol. The molecule has 1 aromatic carbocycles. The van der Waals surface area contributed by atoms with E-state index in [0.717, 1.165) is 12.8 Å². The third-order valence-corrected chi connectivity index (χ3v) is 7.09. The fourth-order valence-corrected chi connectivity index (χ4v) is 4.79. The molecule has 0 atom stereocenters. The second-order valence-electron chi connectivity index (χ2n) is 8.60. The molecule has 0 N–H and O–H groups in total. The summed E-state index contributed by atoms with van der Waals surface area (Å²) in [6, 6.07) is 8.38. The Morgan fingerprint density at radius 2 is 0.968 bits per heavy atom. The van der Waals surface area contributed by atoms with Crippen LogP contribution in [0.25, 0.3) is 0 Å². The second kappa shape index (κ2) is 22.2. The van der Waals surface area contributed by atoms with Gasteiger partial charge in [0.05, 0.1) is 11.5 Å². The summed E-state index contributed by atoms with van der Waals surface area (Å²) in [6.07, 6.45) is 23.9. The molecule has 31 heavy (non-hydrogen) atoms. The van der Waals surface area contributed by atoms with E-state index in [1.165, 1.54) is 103 Å². The van der Waals surface area contributed by atoms with Gasteiger partial charge in [-0.25, -0.2) is 0 Å². The Kier molecular flexibility index (Phi) is 22.5. The average Bonchev–Trinajstić information content (AvgIpc) is 2.76. The Bertz CT molecular complexity index is 601. The largest absolute Gasteiger partial charge is 2.00 e. The van der Waals surface area contributed by atoms with Gasteiger partial charge < -0.3 is 2.85 Å². The summed E-state index contributed by atoms with van der Waals surface area (Å²) in [7, 11) is -3.58. The van der Waals surface area contributed by atoms with Gasteiger partial charge in [0.15, 0.2) is 0 Å². The number of rotatable bonds is 21. The first-order chi connectivity index (χ1) is 14.7. The number of hydrogen-bond donors (Lipinski definition) is 0. The summed E-state index contributed by atoms with van der Waals surface area (Å²) >= 11 is 0. The van der Waals surface area contributed by atoms with Crippen LogP contribution in [0.2, 0.25) is 0 Å². The Balaban J connectivity index is -0.00000300. The Morgan fingerprint density at radius 1 is 0.613 bits per heavy atom. The van der Waals surface area contributed by atoms with Crippen LogP contribution in [-0.2, 0) is 14.3 Å². The summed E-state index contributed by atoms with van der Waals surface area (Å²) in [5.41, 5.74) is 0.